The highest BCUT2D eigenvalue weighted by Crippen LogP contribution is 2.46. The third kappa shape index (κ3) is 4.91. The molecular formula is C20H32N4O5S2. The fourth-order valence-electron chi connectivity index (χ4n) is 5.54. The van der Waals surface area contributed by atoms with E-state index in [1.165, 1.54) is 11.1 Å². The first kappa shape index (κ1) is 22.9. The Hall–Kier alpha value is -1.24. The van der Waals surface area contributed by atoms with Crippen molar-refractivity contribution in [2.75, 3.05) is 39.0 Å². The largest absolute Gasteiger partial charge is 0.496 e. The maximum absolute atomic E-state index is 13.2. The van der Waals surface area contributed by atoms with Crippen LogP contribution in [0.15, 0.2) is 18.2 Å². The van der Waals surface area contributed by atoms with E-state index in [9.17, 15) is 16.8 Å². The lowest BCUT2D eigenvalue weighted by Gasteiger charge is -2.52. The second kappa shape index (κ2) is 8.95. The van der Waals surface area contributed by atoms with Gasteiger partial charge in [-0.05, 0) is 49.7 Å². The van der Waals surface area contributed by atoms with E-state index in [-0.39, 0.29) is 30.8 Å². The standard InChI is InChI=1S/C20H32N4O5S2/c1-29-19-7-2-5-15-8-11-23-14-16-6-3-10-24(17(16)13-18(23)20(15)19)30(25,26)12-4-9-22-31(21,27)28/h2,5,7,16-18,22H,3-4,6,8-14H2,1H3,(H2,21,27,28)/t16-,17+,18-/m0/s1. The van der Waals surface area contributed by atoms with Gasteiger partial charge in [-0.25, -0.2) is 18.3 Å². The summed E-state index contributed by atoms with van der Waals surface area (Å²) in [6, 6.07) is 6.27. The van der Waals surface area contributed by atoms with Crippen LogP contribution in [0.4, 0.5) is 0 Å². The smallest absolute Gasteiger partial charge is 0.274 e. The van der Waals surface area contributed by atoms with Crippen LogP contribution in [0.3, 0.4) is 0 Å². The van der Waals surface area contributed by atoms with Crippen molar-refractivity contribution in [3.05, 3.63) is 29.3 Å². The third-order valence-corrected chi connectivity index (χ3v) is 9.44. The molecule has 0 saturated carbocycles. The number of nitrogens with one attached hydrogen (secondary N) is 1. The number of methoxy groups -OCH3 is 1. The second-order valence-corrected chi connectivity index (χ2v) is 12.1. The van der Waals surface area contributed by atoms with Gasteiger partial charge in [0.2, 0.25) is 10.0 Å². The monoisotopic (exact) mass is 472 g/mol. The topological polar surface area (TPSA) is 122 Å². The molecule has 0 aromatic heterocycles. The van der Waals surface area contributed by atoms with E-state index < -0.39 is 20.2 Å². The molecule has 0 radical (unpaired) electrons. The zero-order valence-corrected chi connectivity index (χ0v) is 19.5. The van der Waals surface area contributed by atoms with Gasteiger partial charge in [0.25, 0.3) is 10.2 Å². The lowest BCUT2D eigenvalue weighted by atomic mass is 9.77. The normalized spacial score (nSPS) is 27.2. The molecule has 0 unspecified atom stereocenters. The number of sulfonamides is 1. The van der Waals surface area contributed by atoms with Crippen molar-refractivity contribution < 1.29 is 21.6 Å². The quantitative estimate of drug-likeness (QED) is 0.560. The van der Waals surface area contributed by atoms with Crippen LogP contribution < -0.4 is 14.6 Å². The average Bonchev–Trinajstić information content (AvgIpc) is 2.73. The average molecular weight is 473 g/mol. The molecule has 3 aliphatic heterocycles. The fourth-order valence-corrected chi connectivity index (χ4v) is 7.79. The maximum atomic E-state index is 13.2. The summed E-state index contributed by atoms with van der Waals surface area (Å²) in [4.78, 5) is 2.50. The first-order valence-electron chi connectivity index (χ1n) is 10.9. The summed E-state index contributed by atoms with van der Waals surface area (Å²) in [5.41, 5.74) is 2.49. The van der Waals surface area contributed by atoms with Crippen LogP contribution in [0.1, 0.15) is 42.9 Å². The molecule has 4 rings (SSSR count). The number of hydrogen-bond donors (Lipinski definition) is 2. The van der Waals surface area contributed by atoms with Crippen molar-refractivity contribution in [2.24, 2.45) is 11.1 Å². The van der Waals surface area contributed by atoms with E-state index in [2.05, 4.69) is 15.7 Å². The maximum Gasteiger partial charge on any atom is 0.274 e. The van der Waals surface area contributed by atoms with Gasteiger partial charge in [-0.2, -0.15) is 12.7 Å². The minimum Gasteiger partial charge on any atom is -0.496 e. The molecule has 1 aromatic carbocycles. The van der Waals surface area contributed by atoms with Gasteiger partial charge in [-0.15, -0.1) is 0 Å². The Morgan fingerprint density at radius 3 is 2.77 bits per heavy atom. The Morgan fingerprint density at radius 1 is 1.23 bits per heavy atom. The van der Waals surface area contributed by atoms with Crippen molar-refractivity contribution in [1.29, 1.82) is 0 Å². The molecule has 174 valence electrons. The zero-order chi connectivity index (χ0) is 22.2. The molecule has 0 aliphatic carbocycles. The highest BCUT2D eigenvalue weighted by atomic mass is 32.2. The van der Waals surface area contributed by atoms with E-state index in [0.717, 1.165) is 44.5 Å². The molecule has 0 spiro atoms. The van der Waals surface area contributed by atoms with Crippen molar-refractivity contribution in [3.63, 3.8) is 0 Å². The number of fused-ring (bicyclic) bond motifs is 4. The molecule has 3 N–H and O–H groups in total. The summed E-state index contributed by atoms with van der Waals surface area (Å²) >= 11 is 0. The van der Waals surface area contributed by atoms with Crippen LogP contribution in [0, 0.1) is 5.92 Å². The minimum atomic E-state index is -3.81. The van der Waals surface area contributed by atoms with Gasteiger partial charge in [0.15, 0.2) is 0 Å². The van der Waals surface area contributed by atoms with Crippen molar-refractivity contribution in [3.8, 4) is 5.75 Å². The highest BCUT2D eigenvalue weighted by Gasteiger charge is 2.46. The van der Waals surface area contributed by atoms with Gasteiger partial charge < -0.3 is 4.74 Å². The van der Waals surface area contributed by atoms with Crippen LogP contribution >= 0.6 is 0 Å². The summed E-state index contributed by atoms with van der Waals surface area (Å²) < 4.78 is 57.9. The van der Waals surface area contributed by atoms with E-state index in [1.807, 2.05) is 12.1 Å². The molecule has 9 nitrogen and oxygen atoms in total. The zero-order valence-electron chi connectivity index (χ0n) is 17.9. The molecule has 0 bridgehead atoms. The SMILES string of the molecule is COc1cccc2c1[C@@H]1C[C@@H]3[C@@H](CCCN3S(=O)(=O)CCCNS(N)(=O)=O)CN1CC2. The molecule has 2 saturated heterocycles. The Balaban J connectivity index is 1.53. The van der Waals surface area contributed by atoms with Crippen molar-refractivity contribution in [1.82, 2.24) is 13.9 Å². The summed E-state index contributed by atoms with van der Waals surface area (Å²) in [6.07, 6.45) is 3.82. The van der Waals surface area contributed by atoms with Crippen molar-refractivity contribution >= 4 is 20.2 Å². The third-order valence-electron chi connectivity index (χ3n) is 6.86. The fraction of sp³-hybridized carbons (Fsp3) is 0.700. The minimum absolute atomic E-state index is 0.0149. The van der Waals surface area contributed by atoms with E-state index >= 15 is 0 Å². The van der Waals surface area contributed by atoms with Crippen LogP contribution in [0.2, 0.25) is 0 Å². The van der Waals surface area contributed by atoms with Crippen LogP contribution in [0.25, 0.3) is 0 Å². The number of piperidine rings is 2. The molecule has 31 heavy (non-hydrogen) atoms. The second-order valence-electron chi connectivity index (χ2n) is 8.72. The predicted octanol–water partition coefficient (Wildman–Crippen LogP) is 0.592. The first-order valence-corrected chi connectivity index (χ1v) is 14.0. The van der Waals surface area contributed by atoms with E-state index in [4.69, 9.17) is 9.88 Å². The summed E-state index contributed by atoms with van der Waals surface area (Å²) in [5.74, 6) is 1.11. The predicted molar refractivity (Wildman–Crippen MR) is 118 cm³/mol. The summed E-state index contributed by atoms with van der Waals surface area (Å²) in [7, 11) is -5.62. The molecule has 2 fully saturated rings. The summed E-state index contributed by atoms with van der Waals surface area (Å²) in [5, 5.41) is 4.93. The van der Waals surface area contributed by atoms with Crippen molar-refractivity contribution in [2.45, 2.75) is 44.2 Å². The molecule has 1 aromatic rings. The number of nitrogens with zero attached hydrogens (tertiary/aromatic N) is 2. The molecule has 3 heterocycles. The number of hydrogen-bond acceptors (Lipinski definition) is 6. The van der Waals surface area contributed by atoms with E-state index in [1.54, 1.807) is 11.4 Å². The number of rotatable bonds is 7. The molecule has 3 aliphatic rings. The Morgan fingerprint density at radius 2 is 2.03 bits per heavy atom. The highest BCUT2D eigenvalue weighted by molar-refractivity contribution is 7.89. The molecule has 0 amide bonds. The number of ether oxygens (including phenoxy) is 1. The van der Waals surface area contributed by atoms with Gasteiger partial charge in [0.1, 0.15) is 5.75 Å². The van der Waals surface area contributed by atoms with Gasteiger partial charge in [-0.1, -0.05) is 12.1 Å². The van der Waals surface area contributed by atoms with Gasteiger partial charge >= 0.3 is 0 Å². The first-order chi connectivity index (χ1) is 14.7. The lowest BCUT2D eigenvalue weighted by molar-refractivity contribution is 0.0210. The molecular weight excluding hydrogens is 440 g/mol. The van der Waals surface area contributed by atoms with Gasteiger partial charge in [-0.3, -0.25) is 4.90 Å². The Labute approximate surface area is 185 Å². The summed E-state index contributed by atoms with van der Waals surface area (Å²) in [6.45, 7) is 2.42. The number of nitrogens with two attached hydrogens (primary N) is 1. The Bertz CT molecular complexity index is 1000. The van der Waals surface area contributed by atoms with Gasteiger partial charge in [0, 0.05) is 43.8 Å². The number of benzene rings is 1. The van der Waals surface area contributed by atoms with Crippen LogP contribution in [0.5, 0.6) is 5.75 Å². The van der Waals surface area contributed by atoms with Crippen LogP contribution in [-0.2, 0) is 26.7 Å². The van der Waals surface area contributed by atoms with Crippen LogP contribution in [-0.4, -0.2) is 71.1 Å². The molecule has 3 atom stereocenters. The molecule has 11 heteroatoms. The van der Waals surface area contributed by atoms with Gasteiger partial charge in [0.05, 0.1) is 12.9 Å². The Kier molecular flexibility index (Phi) is 6.62. The van der Waals surface area contributed by atoms with E-state index in [0.29, 0.717) is 12.5 Å². The lowest BCUT2D eigenvalue weighted by Crippen LogP contribution is -2.57.